The minimum Gasteiger partial charge on any atom is -0.444 e. The Morgan fingerprint density at radius 3 is 2.86 bits per heavy atom. The van der Waals surface area contributed by atoms with Gasteiger partial charge in [0, 0.05) is 23.6 Å². The number of anilines is 1. The summed E-state index contributed by atoms with van der Waals surface area (Å²) in [6.07, 6.45) is 1.70. The minimum atomic E-state index is -0.467. The fourth-order valence-electron chi connectivity index (χ4n) is 2.42. The summed E-state index contributed by atoms with van der Waals surface area (Å²) in [5.41, 5.74) is 0.414. The van der Waals surface area contributed by atoms with E-state index in [1.807, 2.05) is 39.0 Å². The largest absolute Gasteiger partial charge is 0.444 e. The Morgan fingerprint density at radius 1 is 1.45 bits per heavy atom. The molecular weight excluding hydrogens is 368 g/mol. The second-order valence-electron chi connectivity index (χ2n) is 6.53. The van der Waals surface area contributed by atoms with Crippen LogP contribution in [0.15, 0.2) is 22.7 Å². The number of nitrogens with zero attached hydrogens (tertiary/aromatic N) is 1. The zero-order chi connectivity index (χ0) is 16.3. The molecule has 1 aromatic carbocycles. The molecule has 1 heterocycles. The van der Waals surface area contributed by atoms with Crippen molar-refractivity contribution in [2.75, 3.05) is 18.4 Å². The van der Waals surface area contributed by atoms with Crippen molar-refractivity contribution >= 4 is 39.3 Å². The fourth-order valence-corrected chi connectivity index (χ4v) is 2.95. The quantitative estimate of drug-likeness (QED) is 0.781. The molecular formula is C16H22BrClN2O2. The molecule has 0 spiro atoms. The Morgan fingerprint density at radius 2 is 2.18 bits per heavy atom. The molecule has 1 unspecified atom stereocenters. The predicted octanol–water partition coefficient (Wildman–Crippen LogP) is 4.91. The van der Waals surface area contributed by atoms with Gasteiger partial charge in [0.15, 0.2) is 0 Å². The van der Waals surface area contributed by atoms with Gasteiger partial charge in [-0.2, -0.15) is 0 Å². The second kappa shape index (κ2) is 7.09. The third-order valence-corrected chi connectivity index (χ3v) is 4.18. The van der Waals surface area contributed by atoms with E-state index < -0.39 is 5.60 Å². The highest BCUT2D eigenvalue weighted by Gasteiger charge is 2.27. The lowest BCUT2D eigenvalue weighted by atomic mass is 10.1. The van der Waals surface area contributed by atoms with Gasteiger partial charge in [0.25, 0.3) is 0 Å². The number of ether oxygens (including phenoxy) is 1. The molecule has 1 aliphatic heterocycles. The minimum absolute atomic E-state index is 0.174. The molecule has 0 bridgehead atoms. The normalized spacial score (nSPS) is 19.0. The van der Waals surface area contributed by atoms with Crippen LogP contribution in [0, 0.1) is 0 Å². The second-order valence-corrected chi connectivity index (χ2v) is 7.86. The molecule has 1 aromatic rings. The number of benzene rings is 1. The number of rotatable bonds is 2. The van der Waals surface area contributed by atoms with Gasteiger partial charge < -0.3 is 15.0 Å². The molecule has 1 N–H and O–H groups in total. The first-order valence-electron chi connectivity index (χ1n) is 7.44. The molecule has 0 aromatic heterocycles. The van der Waals surface area contributed by atoms with E-state index in [4.69, 9.17) is 16.3 Å². The van der Waals surface area contributed by atoms with Gasteiger partial charge in [0.1, 0.15) is 5.60 Å². The lowest BCUT2D eigenvalue weighted by Crippen LogP contribution is -2.47. The van der Waals surface area contributed by atoms with Gasteiger partial charge >= 0.3 is 6.09 Å². The molecule has 6 heteroatoms. The molecule has 0 saturated carbocycles. The van der Waals surface area contributed by atoms with E-state index in [-0.39, 0.29) is 12.1 Å². The lowest BCUT2D eigenvalue weighted by Gasteiger charge is -2.35. The van der Waals surface area contributed by atoms with Crippen molar-refractivity contribution in [2.45, 2.75) is 45.3 Å². The van der Waals surface area contributed by atoms with Crippen LogP contribution < -0.4 is 5.32 Å². The first-order chi connectivity index (χ1) is 10.2. The van der Waals surface area contributed by atoms with Crippen LogP contribution in [0.5, 0.6) is 0 Å². The van der Waals surface area contributed by atoms with Crippen molar-refractivity contribution in [1.82, 2.24) is 4.90 Å². The van der Waals surface area contributed by atoms with Crippen molar-refractivity contribution < 1.29 is 9.53 Å². The number of piperidine rings is 1. The molecule has 1 saturated heterocycles. The fraction of sp³-hybridized carbons (Fsp3) is 0.562. The molecule has 4 nitrogen and oxygen atoms in total. The van der Waals surface area contributed by atoms with Crippen molar-refractivity contribution in [2.24, 2.45) is 0 Å². The molecule has 0 radical (unpaired) electrons. The molecule has 2 rings (SSSR count). The average Bonchev–Trinajstić information content (AvgIpc) is 2.41. The summed E-state index contributed by atoms with van der Waals surface area (Å²) in [5, 5.41) is 4.10. The van der Waals surface area contributed by atoms with Gasteiger partial charge in [-0.05, 0) is 51.8 Å². The van der Waals surface area contributed by atoms with Gasteiger partial charge in [-0.25, -0.2) is 4.79 Å². The highest BCUT2D eigenvalue weighted by molar-refractivity contribution is 9.10. The number of hydrogen-bond donors (Lipinski definition) is 1. The first-order valence-corrected chi connectivity index (χ1v) is 8.61. The summed E-state index contributed by atoms with van der Waals surface area (Å²) in [6.45, 7) is 7.00. The van der Waals surface area contributed by atoms with Gasteiger partial charge in [0.05, 0.1) is 10.7 Å². The molecule has 22 heavy (non-hydrogen) atoms. The van der Waals surface area contributed by atoms with E-state index in [0.717, 1.165) is 29.5 Å². The van der Waals surface area contributed by atoms with E-state index in [0.29, 0.717) is 11.6 Å². The Labute approximate surface area is 145 Å². The number of carbonyl (C=O) groups excluding carboxylic acids is 1. The maximum absolute atomic E-state index is 12.2. The summed E-state index contributed by atoms with van der Waals surface area (Å²) in [5.74, 6) is 0. The topological polar surface area (TPSA) is 41.6 Å². The number of nitrogens with one attached hydrogen (secondary N) is 1. The van der Waals surface area contributed by atoms with Crippen molar-refractivity contribution in [3.63, 3.8) is 0 Å². The third-order valence-electron chi connectivity index (χ3n) is 3.36. The van der Waals surface area contributed by atoms with E-state index in [1.165, 1.54) is 0 Å². The van der Waals surface area contributed by atoms with E-state index in [2.05, 4.69) is 21.2 Å². The van der Waals surface area contributed by atoms with Crippen LogP contribution >= 0.6 is 27.5 Å². The Hall–Kier alpha value is -0.940. The summed E-state index contributed by atoms with van der Waals surface area (Å²) in [4.78, 5) is 13.9. The smallest absolute Gasteiger partial charge is 0.410 e. The molecule has 1 fully saturated rings. The highest BCUT2D eigenvalue weighted by atomic mass is 79.9. The Balaban J connectivity index is 1.98. The van der Waals surface area contributed by atoms with Crippen LogP contribution in [0.2, 0.25) is 5.02 Å². The standard InChI is InChI=1S/C16H22BrClN2O2/c1-16(2,3)22-15(21)20-8-4-5-12(10-20)19-14-9-11(17)6-7-13(14)18/h6-7,9,12,19H,4-5,8,10H2,1-3H3. The van der Waals surface area contributed by atoms with E-state index in [9.17, 15) is 4.79 Å². The molecule has 1 atom stereocenters. The van der Waals surface area contributed by atoms with Crippen molar-refractivity contribution in [1.29, 1.82) is 0 Å². The third kappa shape index (κ3) is 5.06. The molecule has 1 aliphatic rings. The van der Waals surface area contributed by atoms with Crippen LogP contribution in [0.3, 0.4) is 0 Å². The number of carbonyl (C=O) groups is 1. The monoisotopic (exact) mass is 388 g/mol. The SMILES string of the molecule is CC(C)(C)OC(=O)N1CCCC(Nc2cc(Br)ccc2Cl)C1. The summed E-state index contributed by atoms with van der Waals surface area (Å²) in [7, 11) is 0. The first kappa shape index (κ1) is 17.4. The zero-order valence-electron chi connectivity index (χ0n) is 13.2. The maximum Gasteiger partial charge on any atom is 0.410 e. The van der Waals surface area contributed by atoms with Gasteiger partial charge in [-0.1, -0.05) is 27.5 Å². The van der Waals surface area contributed by atoms with E-state index >= 15 is 0 Å². The molecule has 1 amide bonds. The summed E-state index contributed by atoms with van der Waals surface area (Å²) < 4.78 is 6.42. The predicted molar refractivity (Wildman–Crippen MR) is 93.6 cm³/mol. The maximum atomic E-state index is 12.2. The molecule has 0 aliphatic carbocycles. The van der Waals surface area contributed by atoms with Crippen LogP contribution in [0.25, 0.3) is 0 Å². The zero-order valence-corrected chi connectivity index (χ0v) is 15.5. The average molecular weight is 390 g/mol. The Kier molecular flexibility index (Phi) is 5.61. The van der Waals surface area contributed by atoms with E-state index in [1.54, 1.807) is 4.90 Å². The van der Waals surface area contributed by atoms with Crippen molar-refractivity contribution in [3.05, 3.63) is 27.7 Å². The number of likely N-dealkylation sites (tertiary alicyclic amines) is 1. The Bertz CT molecular complexity index is 545. The van der Waals surface area contributed by atoms with Crippen LogP contribution in [0.1, 0.15) is 33.6 Å². The van der Waals surface area contributed by atoms with Gasteiger partial charge in [0.2, 0.25) is 0 Å². The lowest BCUT2D eigenvalue weighted by molar-refractivity contribution is 0.0206. The molecule has 122 valence electrons. The summed E-state index contributed by atoms with van der Waals surface area (Å²) in [6, 6.07) is 5.88. The van der Waals surface area contributed by atoms with Gasteiger partial charge in [-0.3, -0.25) is 0 Å². The van der Waals surface area contributed by atoms with Gasteiger partial charge in [-0.15, -0.1) is 0 Å². The highest BCUT2D eigenvalue weighted by Crippen LogP contribution is 2.28. The van der Waals surface area contributed by atoms with Crippen molar-refractivity contribution in [3.8, 4) is 0 Å². The number of amides is 1. The number of halogens is 2. The number of hydrogen-bond acceptors (Lipinski definition) is 3. The van der Waals surface area contributed by atoms with Crippen LogP contribution in [-0.2, 0) is 4.74 Å². The van der Waals surface area contributed by atoms with Crippen LogP contribution in [0.4, 0.5) is 10.5 Å². The van der Waals surface area contributed by atoms with Crippen LogP contribution in [-0.4, -0.2) is 35.7 Å². The summed E-state index contributed by atoms with van der Waals surface area (Å²) >= 11 is 9.66.